The van der Waals surface area contributed by atoms with E-state index in [9.17, 15) is 8.42 Å². The molecule has 0 saturated heterocycles. The minimum absolute atomic E-state index is 0. The standard InChI is InChI=1S/C23H30N4O2S.HI/c1-24-23(25-14-7-16-27-17-13-21-11-5-6-12-22(21)27)26-15-8-18-30(28,29)19-20-9-3-2-4-10-20;/h2-6,9-13,17H,7-8,14-16,18-19H2,1H3,(H2,24,25,26);1H. The van der Waals surface area contributed by atoms with Gasteiger partial charge >= 0.3 is 0 Å². The van der Waals surface area contributed by atoms with E-state index in [0.717, 1.165) is 25.1 Å². The first-order chi connectivity index (χ1) is 14.6. The van der Waals surface area contributed by atoms with Crippen molar-refractivity contribution in [3.05, 3.63) is 72.4 Å². The third-order valence-corrected chi connectivity index (χ3v) is 6.61. The van der Waals surface area contributed by atoms with Crippen LogP contribution in [0.3, 0.4) is 0 Å². The van der Waals surface area contributed by atoms with Crippen LogP contribution in [0.15, 0.2) is 71.9 Å². The SMILES string of the molecule is CN=C(NCCCn1ccc2ccccc21)NCCCS(=O)(=O)Cc1ccccc1.I. The molecule has 3 rings (SSSR count). The molecule has 0 aliphatic carbocycles. The lowest BCUT2D eigenvalue weighted by Gasteiger charge is -2.12. The van der Waals surface area contributed by atoms with Crippen LogP contribution < -0.4 is 10.6 Å². The molecule has 6 nitrogen and oxygen atoms in total. The van der Waals surface area contributed by atoms with E-state index in [1.54, 1.807) is 7.05 Å². The van der Waals surface area contributed by atoms with Crippen LogP contribution in [0.2, 0.25) is 0 Å². The average molecular weight is 554 g/mol. The van der Waals surface area contributed by atoms with Gasteiger partial charge in [0.1, 0.15) is 0 Å². The van der Waals surface area contributed by atoms with Gasteiger partial charge in [0.25, 0.3) is 0 Å². The second kappa shape index (κ2) is 12.7. The van der Waals surface area contributed by atoms with Crippen LogP contribution in [0.1, 0.15) is 18.4 Å². The molecule has 0 fully saturated rings. The summed E-state index contributed by atoms with van der Waals surface area (Å²) in [5.74, 6) is 0.953. The number of aryl methyl sites for hydroxylation is 1. The normalized spacial score (nSPS) is 11.8. The van der Waals surface area contributed by atoms with Gasteiger partial charge in [-0.2, -0.15) is 0 Å². The number of aromatic nitrogens is 1. The molecule has 0 saturated carbocycles. The number of hydrogen-bond donors (Lipinski definition) is 2. The molecule has 0 bridgehead atoms. The van der Waals surface area contributed by atoms with Gasteiger partial charge in [-0.05, 0) is 35.9 Å². The van der Waals surface area contributed by atoms with Crippen LogP contribution in [0.5, 0.6) is 0 Å². The lowest BCUT2D eigenvalue weighted by molar-refractivity contribution is 0.591. The number of hydrogen-bond acceptors (Lipinski definition) is 3. The Kier molecular flexibility index (Phi) is 10.3. The average Bonchev–Trinajstić information content (AvgIpc) is 3.16. The monoisotopic (exact) mass is 554 g/mol. The van der Waals surface area contributed by atoms with Crippen molar-refractivity contribution in [3.8, 4) is 0 Å². The van der Waals surface area contributed by atoms with Crippen molar-refractivity contribution < 1.29 is 8.42 Å². The van der Waals surface area contributed by atoms with Gasteiger partial charge in [0.15, 0.2) is 15.8 Å². The highest BCUT2D eigenvalue weighted by Gasteiger charge is 2.11. The molecule has 0 spiro atoms. The molecule has 3 aromatic rings. The second-order valence-electron chi connectivity index (χ2n) is 7.28. The highest BCUT2D eigenvalue weighted by atomic mass is 127. The highest BCUT2D eigenvalue weighted by Crippen LogP contribution is 2.15. The van der Waals surface area contributed by atoms with Crippen molar-refractivity contribution in [1.82, 2.24) is 15.2 Å². The maximum Gasteiger partial charge on any atom is 0.190 e. The van der Waals surface area contributed by atoms with Crippen LogP contribution in [0.25, 0.3) is 10.9 Å². The summed E-state index contributed by atoms with van der Waals surface area (Å²) < 4.78 is 26.8. The molecule has 0 amide bonds. The smallest absolute Gasteiger partial charge is 0.190 e. The largest absolute Gasteiger partial charge is 0.356 e. The molecule has 1 heterocycles. The molecule has 0 radical (unpaired) electrons. The van der Waals surface area contributed by atoms with Crippen molar-refractivity contribution in [1.29, 1.82) is 0 Å². The van der Waals surface area contributed by atoms with Crippen molar-refractivity contribution >= 4 is 50.7 Å². The predicted molar refractivity (Wildman–Crippen MR) is 140 cm³/mol. The van der Waals surface area contributed by atoms with Crippen LogP contribution in [-0.2, 0) is 22.1 Å². The fourth-order valence-corrected chi connectivity index (χ4v) is 4.84. The van der Waals surface area contributed by atoms with E-state index >= 15 is 0 Å². The van der Waals surface area contributed by atoms with Gasteiger partial charge in [-0.25, -0.2) is 8.42 Å². The molecule has 0 aliphatic heterocycles. The van der Waals surface area contributed by atoms with E-state index in [1.807, 2.05) is 30.3 Å². The predicted octanol–water partition coefficient (Wildman–Crippen LogP) is 3.82. The molecule has 2 aromatic carbocycles. The lowest BCUT2D eigenvalue weighted by Crippen LogP contribution is -2.38. The molecule has 0 unspecified atom stereocenters. The van der Waals surface area contributed by atoms with E-state index in [1.165, 1.54) is 10.9 Å². The number of sulfone groups is 1. The summed E-state index contributed by atoms with van der Waals surface area (Å²) in [6.45, 7) is 2.28. The Balaban J connectivity index is 0.00000341. The van der Waals surface area contributed by atoms with E-state index in [0.29, 0.717) is 18.9 Å². The maximum atomic E-state index is 12.3. The zero-order valence-corrected chi connectivity index (χ0v) is 21.0. The first-order valence-electron chi connectivity index (χ1n) is 10.3. The van der Waals surface area contributed by atoms with Crippen LogP contribution in [0.4, 0.5) is 0 Å². The number of fused-ring (bicyclic) bond motifs is 1. The van der Waals surface area contributed by atoms with Gasteiger partial charge in [-0.3, -0.25) is 4.99 Å². The highest BCUT2D eigenvalue weighted by molar-refractivity contribution is 14.0. The van der Waals surface area contributed by atoms with E-state index in [2.05, 4.69) is 56.7 Å². The Morgan fingerprint density at radius 2 is 1.61 bits per heavy atom. The number of nitrogens with zero attached hydrogens (tertiary/aromatic N) is 2. The molecular weight excluding hydrogens is 523 g/mol. The molecule has 31 heavy (non-hydrogen) atoms. The third kappa shape index (κ3) is 8.17. The molecule has 168 valence electrons. The van der Waals surface area contributed by atoms with Crippen molar-refractivity contribution in [3.63, 3.8) is 0 Å². The Bertz CT molecular complexity index is 1070. The summed E-state index contributed by atoms with van der Waals surface area (Å²) in [6, 6.07) is 19.8. The van der Waals surface area contributed by atoms with Gasteiger partial charge in [0.2, 0.25) is 0 Å². The number of rotatable bonds is 10. The molecule has 0 aliphatic rings. The van der Waals surface area contributed by atoms with Crippen LogP contribution >= 0.6 is 24.0 Å². The first-order valence-corrected chi connectivity index (χ1v) is 12.1. The fourth-order valence-electron chi connectivity index (χ4n) is 3.41. The summed E-state index contributed by atoms with van der Waals surface area (Å²) in [6.07, 6.45) is 3.63. The zero-order chi connectivity index (χ0) is 21.2. The summed E-state index contributed by atoms with van der Waals surface area (Å²) in [5, 5.41) is 7.75. The third-order valence-electron chi connectivity index (χ3n) is 4.93. The zero-order valence-electron chi connectivity index (χ0n) is 17.8. The summed E-state index contributed by atoms with van der Waals surface area (Å²) in [4.78, 5) is 4.21. The van der Waals surface area contributed by atoms with Crippen molar-refractivity contribution in [2.24, 2.45) is 4.99 Å². The van der Waals surface area contributed by atoms with E-state index in [-0.39, 0.29) is 35.5 Å². The number of aliphatic imine (C=N–C) groups is 1. The topological polar surface area (TPSA) is 75.5 Å². The lowest BCUT2D eigenvalue weighted by atomic mass is 10.2. The summed E-state index contributed by atoms with van der Waals surface area (Å²) in [7, 11) is -1.38. The van der Waals surface area contributed by atoms with Crippen LogP contribution in [-0.4, -0.2) is 44.8 Å². The van der Waals surface area contributed by atoms with Crippen molar-refractivity contribution in [2.75, 3.05) is 25.9 Å². The first kappa shape index (κ1) is 25.2. The van der Waals surface area contributed by atoms with Crippen molar-refractivity contribution in [2.45, 2.75) is 25.1 Å². The van der Waals surface area contributed by atoms with E-state index in [4.69, 9.17) is 0 Å². The second-order valence-corrected chi connectivity index (χ2v) is 9.46. The molecule has 1 aromatic heterocycles. The molecule has 0 atom stereocenters. The quantitative estimate of drug-likeness (QED) is 0.173. The number of halogens is 1. The van der Waals surface area contributed by atoms with E-state index < -0.39 is 9.84 Å². The molecule has 2 N–H and O–H groups in total. The Labute approximate surface area is 202 Å². The number of benzene rings is 2. The summed E-state index contributed by atoms with van der Waals surface area (Å²) in [5.41, 5.74) is 2.08. The van der Waals surface area contributed by atoms with Gasteiger partial charge in [0.05, 0.1) is 11.5 Å². The Hall–Kier alpha value is -2.07. The minimum atomic E-state index is -3.11. The van der Waals surface area contributed by atoms with Gasteiger partial charge in [-0.1, -0.05) is 48.5 Å². The van der Waals surface area contributed by atoms with Gasteiger partial charge in [-0.15, -0.1) is 24.0 Å². The molecular formula is C23H31IN4O2S. The Morgan fingerprint density at radius 1 is 0.935 bits per heavy atom. The van der Waals surface area contributed by atoms with Gasteiger partial charge < -0.3 is 15.2 Å². The Morgan fingerprint density at radius 3 is 2.35 bits per heavy atom. The fraction of sp³-hybridized carbons (Fsp3) is 0.348. The molecule has 8 heteroatoms. The maximum absolute atomic E-state index is 12.3. The van der Waals surface area contributed by atoms with Crippen LogP contribution in [0, 0.1) is 0 Å². The number of nitrogens with one attached hydrogen (secondary N) is 2. The number of guanidine groups is 1. The van der Waals surface area contributed by atoms with Gasteiger partial charge in [0, 0.05) is 38.4 Å². The minimum Gasteiger partial charge on any atom is -0.356 e. The summed E-state index contributed by atoms with van der Waals surface area (Å²) >= 11 is 0. The number of para-hydroxylation sites is 1.